The number of hydrogen-bond donors (Lipinski definition) is 0. The van der Waals surface area contributed by atoms with Gasteiger partial charge in [0.2, 0.25) is 0 Å². The second-order valence-corrected chi connectivity index (χ2v) is 7.24. The molecule has 3 rings (SSSR count). The summed E-state index contributed by atoms with van der Waals surface area (Å²) < 4.78 is 12.6. The molecule has 0 N–H and O–H groups in total. The standard InChI is InChI=1S/C19H17NO3S2/c1-3-23-15-8-9-16-18(12-15)25-19(20-16)24-11-10-17(21)13-4-6-14(22-2)7-5-13/h4-12H,3H2,1-2H3/b11-10+. The van der Waals surface area contributed by atoms with Crippen molar-refractivity contribution in [3.63, 3.8) is 0 Å². The van der Waals surface area contributed by atoms with Gasteiger partial charge in [0.1, 0.15) is 11.5 Å². The van der Waals surface area contributed by atoms with Crippen LogP contribution in [0.15, 0.2) is 58.3 Å². The van der Waals surface area contributed by atoms with Crippen molar-refractivity contribution in [3.05, 3.63) is 59.5 Å². The molecule has 0 saturated carbocycles. The minimum atomic E-state index is -0.0464. The normalized spacial score (nSPS) is 11.1. The van der Waals surface area contributed by atoms with E-state index < -0.39 is 0 Å². The maximum atomic E-state index is 12.1. The summed E-state index contributed by atoms with van der Waals surface area (Å²) in [7, 11) is 1.60. The van der Waals surface area contributed by atoms with Crippen LogP contribution in [0.4, 0.5) is 0 Å². The largest absolute Gasteiger partial charge is 0.497 e. The first-order valence-electron chi connectivity index (χ1n) is 7.74. The van der Waals surface area contributed by atoms with E-state index in [1.165, 1.54) is 11.8 Å². The van der Waals surface area contributed by atoms with Crippen molar-refractivity contribution in [2.45, 2.75) is 11.3 Å². The molecule has 0 aliphatic rings. The summed E-state index contributed by atoms with van der Waals surface area (Å²) in [4.78, 5) is 16.7. The van der Waals surface area contributed by atoms with Crippen LogP contribution < -0.4 is 9.47 Å². The quantitative estimate of drug-likeness (QED) is 0.325. The SMILES string of the molecule is CCOc1ccc2nc(S/C=C/C(=O)c3ccc(OC)cc3)sc2c1. The molecular formula is C19H17NO3S2. The fraction of sp³-hybridized carbons (Fsp3) is 0.158. The molecule has 6 heteroatoms. The number of ketones is 1. The Morgan fingerprint density at radius 2 is 1.96 bits per heavy atom. The zero-order valence-corrected chi connectivity index (χ0v) is 15.5. The number of aromatic nitrogens is 1. The summed E-state index contributed by atoms with van der Waals surface area (Å²) in [5, 5.41) is 1.77. The molecule has 0 spiro atoms. The third-order valence-electron chi connectivity index (χ3n) is 3.41. The molecule has 1 heterocycles. The number of hydrogen-bond acceptors (Lipinski definition) is 6. The van der Waals surface area contributed by atoms with E-state index in [2.05, 4.69) is 4.98 Å². The number of methoxy groups -OCH3 is 1. The van der Waals surface area contributed by atoms with Crippen molar-refractivity contribution in [2.24, 2.45) is 0 Å². The van der Waals surface area contributed by atoms with Gasteiger partial charge in [0.05, 0.1) is 23.9 Å². The first-order valence-corrected chi connectivity index (χ1v) is 9.44. The highest BCUT2D eigenvalue weighted by molar-refractivity contribution is 8.03. The number of thioether (sulfide) groups is 1. The molecule has 0 aliphatic carbocycles. The van der Waals surface area contributed by atoms with E-state index in [-0.39, 0.29) is 5.78 Å². The summed E-state index contributed by atoms with van der Waals surface area (Å²) >= 11 is 3.02. The van der Waals surface area contributed by atoms with Crippen LogP contribution in [0, 0.1) is 0 Å². The van der Waals surface area contributed by atoms with Crippen LogP contribution in [-0.4, -0.2) is 24.5 Å². The smallest absolute Gasteiger partial charge is 0.186 e. The van der Waals surface area contributed by atoms with Crippen LogP contribution in [0.5, 0.6) is 11.5 Å². The number of allylic oxidation sites excluding steroid dienone is 1. The molecule has 0 fully saturated rings. The number of benzene rings is 2. The number of thiazole rings is 1. The monoisotopic (exact) mass is 371 g/mol. The first-order chi connectivity index (χ1) is 12.2. The van der Waals surface area contributed by atoms with Crippen molar-refractivity contribution >= 4 is 39.1 Å². The molecule has 0 radical (unpaired) electrons. The molecule has 0 amide bonds. The van der Waals surface area contributed by atoms with Crippen LogP contribution in [-0.2, 0) is 0 Å². The van der Waals surface area contributed by atoms with Crippen LogP contribution in [0.3, 0.4) is 0 Å². The maximum Gasteiger partial charge on any atom is 0.186 e. The summed E-state index contributed by atoms with van der Waals surface area (Å²) in [6.07, 6.45) is 1.56. The summed E-state index contributed by atoms with van der Waals surface area (Å²) in [5.41, 5.74) is 1.56. The fourth-order valence-corrected chi connectivity index (χ4v) is 4.01. The molecule has 0 atom stereocenters. The Bertz CT molecular complexity index is 901. The zero-order valence-electron chi connectivity index (χ0n) is 13.9. The van der Waals surface area contributed by atoms with E-state index in [0.717, 1.165) is 26.1 Å². The summed E-state index contributed by atoms with van der Waals surface area (Å²) in [5.74, 6) is 1.53. The lowest BCUT2D eigenvalue weighted by Gasteiger charge is -2.00. The third kappa shape index (κ3) is 4.41. The van der Waals surface area contributed by atoms with E-state index >= 15 is 0 Å². The predicted molar refractivity (Wildman–Crippen MR) is 103 cm³/mol. The lowest BCUT2D eigenvalue weighted by atomic mass is 10.1. The van der Waals surface area contributed by atoms with Crippen LogP contribution in [0.2, 0.25) is 0 Å². The lowest BCUT2D eigenvalue weighted by molar-refractivity contribution is 0.104. The highest BCUT2D eigenvalue weighted by Gasteiger charge is 2.06. The number of nitrogens with zero attached hydrogens (tertiary/aromatic N) is 1. The van der Waals surface area contributed by atoms with Gasteiger partial charge >= 0.3 is 0 Å². The molecule has 128 valence electrons. The average molecular weight is 371 g/mol. The Morgan fingerprint density at radius 1 is 1.20 bits per heavy atom. The van der Waals surface area contributed by atoms with E-state index in [9.17, 15) is 4.79 Å². The Balaban J connectivity index is 1.66. The number of rotatable bonds is 7. The van der Waals surface area contributed by atoms with Gasteiger partial charge in [0, 0.05) is 5.56 Å². The second-order valence-electron chi connectivity index (χ2n) is 5.06. The molecule has 25 heavy (non-hydrogen) atoms. The van der Waals surface area contributed by atoms with E-state index in [0.29, 0.717) is 12.2 Å². The molecule has 2 aromatic carbocycles. The van der Waals surface area contributed by atoms with Crippen molar-refractivity contribution in [2.75, 3.05) is 13.7 Å². The zero-order chi connectivity index (χ0) is 17.6. The van der Waals surface area contributed by atoms with Gasteiger partial charge in [-0.3, -0.25) is 4.79 Å². The molecule has 0 saturated heterocycles. The Kier molecular flexibility index (Phi) is 5.73. The number of ether oxygens (including phenoxy) is 2. The number of carbonyl (C=O) groups is 1. The Labute approximate surface area is 154 Å². The topological polar surface area (TPSA) is 48.4 Å². The van der Waals surface area contributed by atoms with Crippen molar-refractivity contribution in [3.8, 4) is 11.5 Å². The van der Waals surface area contributed by atoms with Gasteiger partial charge in [-0.25, -0.2) is 4.98 Å². The maximum absolute atomic E-state index is 12.1. The third-order valence-corrected chi connectivity index (χ3v) is 5.33. The lowest BCUT2D eigenvalue weighted by Crippen LogP contribution is -1.93. The minimum Gasteiger partial charge on any atom is -0.497 e. The first kappa shape index (κ1) is 17.5. The Hall–Kier alpha value is -2.31. The van der Waals surface area contributed by atoms with Gasteiger partial charge in [0.15, 0.2) is 10.1 Å². The van der Waals surface area contributed by atoms with Crippen molar-refractivity contribution < 1.29 is 14.3 Å². The molecule has 0 aliphatic heterocycles. The molecule has 3 aromatic rings. The number of carbonyl (C=O) groups excluding carboxylic acids is 1. The van der Waals surface area contributed by atoms with Gasteiger partial charge in [-0.1, -0.05) is 11.8 Å². The van der Waals surface area contributed by atoms with Gasteiger partial charge in [-0.05, 0) is 60.9 Å². The highest BCUT2D eigenvalue weighted by Crippen LogP contribution is 2.32. The molecule has 0 unspecified atom stereocenters. The molecule has 4 nitrogen and oxygen atoms in total. The number of fused-ring (bicyclic) bond motifs is 1. The Morgan fingerprint density at radius 3 is 2.68 bits per heavy atom. The minimum absolute atomic E-state index is 0.0464. The van der Waals surface area contributed by atoms with E-state index in [4.69, 9.17) is 9.47 Å². The summed E-state index contributed by atoms with van der Waals surface area (Å²) in [6, 6.07) is 12.9. The van der Waals surface area contributed by atoms with Crippen LogP contribution >= 0.6 is 23.1 Å². The summed E-state index contributed by atoms with van der Waals surface area (Å²) in [6.45, 7) is 2.60. The van der Waals surface area contributed by atoms with Gasteiger partial charge in [0.25, 0.3) is 0 Å². The predicted octanol–water partition coefficient (Wildman–Crippen LogP) is 5.19. The molecule has 1 aromatic heterocycles. The van der Waals surface area contributed by atoms with Crippen molar-refractivity contribution in [1.82, 2.24) is 4.98 Å². The molecular weight excluding hydrogens is 354 g/mol. The van der Waals surface area contributed by atoms with Gasteiger partial charge in [-0.15, -0.1) is 11.3 Å². The fourth-order valence-electron chi connectivity index (χ4n) is 2.20. The van der Waals surface area contributed by atoms with Crippen LogP contribution in [0.1, 0.15) is 17.3 Å². The molecule has 0 bridgehead atoms. The van der Waals surface area contributed by atoms with E-state index in [1.54, 1.807) is 54.2 Å². The van der Waals surface area contributed by atoms with Gasteiger partial charge in [-0.2, -0.15) is 0 Å². The van der Waals surface area contributed by atoms with Crippen molar-refractivity contribution in [1.29, 1.82) is 0 Å². The average Bonchev–Trinajstić information content (AvgIpc) is 3.04. The second kappa shape index (κ2) is 8.18. The van der Waals surface area contributed by atoms with E-state index in [1.807, 2.05) is 25.1 Å². The van der Waals surface area contributed by atoms with Gasteiger partial charge < -0.3 is 9.47 Å². The van der Waals surface area contributed by atoms with Crippen LogP contribution in [0.25, 0.3) is 10.2 Å². The highest BCUT2D eigenvalue weighted by atomic mass is 32.2.